The van der Waals surface area contributed by atoms with Gasteiger partial charge in [-0.2, -0.15) is 0 Å². The Balaban J connectivity index is 1.17. The number of aryl methyl sites for hydroxylation is 1. The summed E-state index contributed by atoms with van der Waals surface area (Å²) in [6.45, 7) is 34.2. The lowest BCUT2D eigenvalue weighted by Gasteiger charge is -2.52. The zero-order valence-electron chi connectivity index (χ0n) is 45.4. The highest BCUT2D eigenvalue weighted by Gasteiger charge is 2.51. The van der Waals surface area contributed by atoms with Gasteiger partial charge in [0.05, 0.1) is 5.69 Å². The number of hydrogen-bond donors (Lipinski definition) is 0. The first-order valence-electron chi connectivity index (χ1n) is 27.3. The summed E-state index contributed by atoms with van der Waals surface area (Å²) in [5.74, 6) is 0.982. The van der Waals surface area contributed by atoms with Gasteiger partial charge < -0.3 is 9.32 Å². The van der Waals surface area contributed by atoms with Gasteiger partial charge in [-0.15, -0.1) is 0 Å². The standard InChI is InChI=1S/C67H75BN2O/c1-40-32-55-59-56(33-40)70(54-38-49-48(64(9,10)26-27-65(49,11)12)36-44(54)41-18-16-15-17-19-41)53-23-20-42(61(2,3)4)34-52(53)68(59)58-45-37-50-51(67(14)30-28-66(50,13)29-31-67)39-57(45)71-60(58)69(55)43-21-22-46-47(35-43)63(7,8)25-24-62(46,5)6/h15-23,32-39H,24-31H2,1-14H3. The van der Waals surface area contributed by atoms with Gasteiger partial charge in [-0.25, -0.2) is 0 Å². The molecule has 7 aromatic rings. The summed E-state index contributed by atoms with van der Waals surface area (Å²) in [7, 11) is 0. The van der Waals surface area contributed by atoms with Gasteiger partial charge in [0.2, 0.25) is 5.88 Å². The Kier molecular flexibility index (Phi) is 9.20. The molecule has 0 saturated heterocycles. The van der Waals surface area contributed by atoms with E-state index in [4.69, 9.17) is 4.42 Å². The third-order valence-electron chi connectivity index (χ3n) is 20.0. The molecule has 3 nitrogen and oxygen atoms in total. The van der Waals surface area contributed by atoms with Crippen LogP contribution in [0.3, 0.4) is 0 Å². The molecule has 4 heteroatoms. The second kappa shape index (κ2) is 14.4. The zero-order chi connectivity index (χ0) is 49.7. The topological polar surface area (TPSA) is 19.6 Å². The van der Waals surface area contributed by atoms with Crippen LogP contribution in [0.4, 0.5) is 34.3 Å². The van der Waals surface area contributed by atoms with E-state index in [1.807, 2.05) is 0 Å². The number of rotatable bonds is 3. The average Bonchev–Trinajstić information content (AvgIpc) is 3.69. The summed E-state index contributed by atoms with van der Waals surface area (Å²) in [4.78, 5) is 5.27. The Morgan fingerprint density at radius 1 is 0.479 bits per heavy atom. The van der Waals surface area contributed by atoms with E-state index in [2.05, 4.69) is 210 Å². The van der Waals surface area contributed by atoms with E-state index >= 15 is 0 Å². The van der Waals surface area contributed by atoms with Crippen LogP contribution in [0.15, 0.2) is 108 Å². The normalized spacial score (nSPS) is 23.7. The minimum Gasteiger partial charge on any atom is -0.440 e. The summed E-state index contributed by atoms with van der Waals surface area (Å²) in [5.41, 5.74) is 26.0. The molecule has 6 aromatic carbocycles. The molecule has 0 unspecified atom stereocenters. The monoisotopic (exact) mass is 935 g/mol. The molecular formula is C67H75BN2O. The molecule has 1 aromatic heterocycles. The molecule has 14 rings (SSSR count). The molecule has 2 aliphatic heterocycles. The van der Waals surface area contributed by atoms with Crippen LogP contribution in [-0.4, -0.2) is 6.71 Å². The van der Waals surface area contributed by atoms with Crippen molar-refractivity contribution in [3.63, 3.8) is 0 Å². The van der Waals surface area contributed by atoms with E-state index in [0.717, 1.165) is 24.3 Å². The van der Waals surface area contributed by atoms with Crippen molar-refractivity contribution in [3.05, 3.63) is 148 Å². The Morgan fingerprint density at radius 2 is 1.04 bits per heavy atom. The summed E-state index contributed by atoms with van der Waals surface area (Å²) < 4.78 is 7.66. The van der Waals surface area contributed by atoms with Crippen LogP contribution in [0.1, 0.15) is 186 Å². The van der Waals surface area contributed by atoms with Gasteiger partial charge in [-0.1, -0.05) is 139 Å². The molecular weight excluding hydrogens is 860 g/mol. The molecule has 0 radical (unpaired) electrons. The van der Waals surface area contributed by atoms with Crippen LogP contribution in [0, 0.1) is 6.92 Å². The van der Waals surface area contributed by atoms with Gasteiger partial charge >= 0.3 is 0 Å². The fourth-order valence-electron chi connectivity index (χ4n) is 14.9. The largest absolute Gasteiger partial charge is 0.440 e. The number of hydrogen-bond acceptors (Lipinski definition) is 3. The maximum atomic E-state index is 7.66. The van der Waals surface area contributed by atoms with E-state index in [0.29, 0.717) is 0 Å². The van der Waals surface area contributed by atoms with Gasteiger partial charge in [-0.3, -0.25) is 4.90 Å². The van der Waals surface area contributed by atoms with Gasteiger partial charge in [0.1, 0.15) is 5.58 Å². The first-order chi connectivity index (χ1) is 33.4. The molecule has 71 heavy (non-hydrogen) atoms. The maximum absolute atomic E-state index is 7.66. The summed E-state index contributed by atoms with van der Waals surface area (Å²) >= 11 is 0. The fourth-order valence-corrected chi connectivity index (χ4v) is 14.9. The zero-order valence-corrected chi connectivity index (χ0v) is 45.4. The highest BCUT2D eigenvalue weighted by Crippen LogP contribution is 2.59. The average molecular weight is 935 g/mol. The van der Waals surface area contributed by atoms with E-state index in [1.165, 1.54) is 139 Å². The van der Waals surface area contributed by atoms with Crippen molar-refractivity contribution in [1.82, 2.24) is 0 Å². The van der Waals surface area contributed by atoms with Crippen molar-refractivity contribution < 1.29 is 4.42 Å². The highest BCUT2D eigenvalue weighted by atomic mass is 16.4. The predicted molar refractivity (Wildman–Crippen MR) is 303 cm³/mol. The molecule has 0 atom stereocenters. The SMILES string of the molecule is Cc1cc2c3c(c1)N(c1ccc4c(c1)C(C)(C)CCC4(C)C)c1oc4cc5c(cc4c1B3c1cc(C(C)(C)C)ccc1N2c1cc2c(cc1-c1ccccc1)C(C)(C)CCC2(C)C)C1(C)CCC5(C)CC1. The first-order valence-corrected chi connectivity index (χ1v) is 27.3. The van der Waals surface area contributed by atoms with Crippen LogP contribution in [0.25, 0.3) is 22.1 Å². The Hall–Kier alpha value is -5.48. The molecule has 2 bridgehead atoms. The fraction of sp³-hybridized carbons (Fsp3) is 0.433. The van der Waals surface area contributed by atoms with Crippen molar-refractivity contribution in [1.29, 1.82) is 0 Å². The summed E-state index contributed by atoms with van der Waals surface area (Å²) in [6.07, 6.45) is 9.66. The maximum Gasteiger partial charge on any atom is 0.257 e. The lowest BCUT2D eigenvalue weighted by atomic mass is 9.33. The third kappa shape index (κ3) is 6.40. The minimum atomic E-state index is -0.0546. The first kappa shape index (κ1) is 45.4. The number of benzene rings is 6. The molecule has 0 spiro atoms. The highest BCUT2D eigenvalue weighted by molar-refractivity contribution is 7.01. The third-order valence-corrected chi connectivity index (χ3v) is 20.0. The number of fused-ring (bicyclic) bond motifs is 10. The van der Waals surface area contributed by atoms with Crippen LogP contribution in [0.2, 0.25) is 0 Å². The second-order valence-electron chi connectivity index (χ2n) is 27.7. The molecule has 3 heterocycles. The minimum absolute atomic E-state index is 0.0284. The molecule has 0 amide bonds. The van der Waals surface area contributed by atoms with Crippen LogP contribution >= 0.6 is 0 Å². The quantitative estimate of drug-likeness (QED) is 0.165. The molecule has 7 aliphatic rings. The lowest BCUT2D eigenvalue weighted by molar-refractivity contribution is 0.188. The predicted octanol–water partition coefficient (Wildman–Crippen LogP) is 16.6. The van der Waals surface area contributed by atoms with E-state index < -0.39 is 0 Å². The molecule has 1 fully saturated rings. The van der Waals surface area contributed by atoms with Crippen molar-refractivity contribution in [2.45, 2.75) is 186 Å². The van der Waals surface area contributed by atoms with Crippen molar-refractivity contribution in [3.8, 4) is 11.1 Å². The van der Waals surface area contributed by atoms with Crippen molar-refractivity contribution in [2.24, 2.45) is 0 Å². The Morgan fingerprint density at radius 3 is 1.66 bits per heavy atom. The van der Waals surface area contributed by atoms with Crippen LogP contribution in [0.5, 0.6) is 0 Å². The number of anilines is 6. The second-order valence-corrected chi connectivity index (χ2v) is 27.7. The van der Waals surface area contributed by atoms with Gasteiger partial charge in [0, 0.05) is 39.2 Å². The van der Waals surface area contributed by atoms with Crippen LogP contribution < -0.4 is 26.2 Å². The number of furan rings is 1. The summed E-state index contributed by atoms with van der Waals surface area (Å²) in [5, 5.41) is 1.28. The Bertz CT molecular complexity index is 3420. The number of nitrogens with zero attached hydrogens (tertiary/aromatic N) is 2. The lowest BCUT2D eigenvalue weighted by Crippen LogP contribution is -2.61. The van der Waals surface area contributed by atoms with E-state index in [-0.39, 0.29) is 44.6 Å². The van der Waals surface area contributed by atoms with Crippen molar-refractivity contribution in [2.75, 3.05) is 9.80 Å². The van der Waals surface area contributed by atoms with Gasteiger partial charge in [0.15, 0.2) is 0 Å². The van der Waals surface area contributed by atoms with E-state index in [9.17, 15) is 0 Å². The smallest absolute Gasteiger partial charge is 0.257 e. The van der Waals surface area contributed by atoms with Gasteiger partial charge in [-0.05, 0) is 212 Å². The van der Waals surface area contributed by atoms with Crippen molar-refractivity contribution >= 4 is 68.4 Å². The summed E-state index contributed by atoms with van der Waals surface area (Å²) in [6, 6.07) is 41.6. The Labute approximate surface area is 425 Å². The molecule has 5 aliphatic carbocycles. The molecule has 1 saturated carbocycles. The van der Waals surface area contributed by atoms with Crippen LogP contribution in [-0.2, 0) is 37.9 Å². The van der Waals surface area contributed by atoms with Gasteiger partial charge in [0.25, 0.3) is 6.71 Å². The van der Waals surface area contributed by atoms with E-state index in [1.54, 1.807) is 5.56 Å². The molecule has 362 valence electrons. The molecule has 0 N–H and O–H groups in total.